The van der Waals surface area contributed by atoms with Gasteiger partial charge in [-0.3, -0.25) is 4.79 Å². The molecule has 0 aliphatic rings. The maximum atomic E-state index is 12.3. The molecule has 1 N–H and O–H groups in total. The third kappa shape index (κ3) is 5.03. The highest BCUT2D eigenvalue weighted by atomic mass is 32.2. The standard InChI is InChI=1S/C21H17N3O4S/c1-13-10-16(29-12-22)8-9-17(13)23-18(25)11-27-21(26)19-14(2)28-20(24-19)15-6-4-3-5-7-15/h3-10H,11H2,1-2H3,(H,23,25). The smallest absolute Gasteiger partial charge is 0.361 e. The molecule has 2 aromatic carbocycles. The van der Waals surface area contributed by atoms with Crippen molar-refractivity contribution < 1.29 is 18.7 Å². The number of ether oxygens (including phenoxy) is 1. The van der Waals surface area contributed by atoms with Gasteiger partial charge in [0.1, 0.15) is 11.2 Å². The first kappa shape index (κ1) is 20.2. The van der Waals surface area contributed by atoms with Crippen LogP contribution in [0.4, 0.5) is 5.69 Å². The minimum Gasteiger partial charge on any atom is -0.451 e. The highest BCUT2D eigenvalue weighted by molar-refractivity contribution is 8.03. The summed E-state index contributed by atoms with van der Waals surface area (Å²) in [5, 5.41) is 13.4. The highest BCUT2D eigenvalue weighted by Crippen LogP contribution is 2.24. The number of rotatable bonds is 6. The van der Waals surface area contributed by atoms with Gasteiger partial charge in [-0.05, 0) is 61.5 Å². The van der Waals surface area contributed by atoms with Gasteiger partial charge < -0.3 is 14.5 Å². The maximum Gasteiger partial charge on any atom is 0.361 e. The molecule has 0 atom stereocenters. The summed E-state index contributed by atoms with van der Waals surface area (Å²) in [7, 11) is 0. The molecule has 1 heterocycles. The zero-order valence-corrected chi connectivity index (χ0v) is 16.6. The van der Waals surface area contributed by atoms with Gasteiger partial charge in [0.2, 0.25) is 5.89 Å². The van der Waals surface area contributed by atoms with Gasteiger partial charge in [0, 0.05) is 16.1 Å². The first-order chi connectivity index (χ1) is 14.0. The molecule has 0 spiro atoms. The number of carbonyl (C=O) groups excluding carboxylic acids is 2. The average molecular weight is 407 g/mol. The number of carbonyl (C=O) groups is 2. The van der Waals surface area contributed by atoms with Crippen molar-refractivity contribution in [1.29, 1.82) is 5.26 Å². The van der Waals surface area contributed by atoms with Gasteiger partial charge in [0.05, 0.1) is 0 Å². The molecule has 3 aromatic rings. The van der Waals surface area contributed by atoms with E-state index >= 15 is 0 Å². The van der Waals surface area contributed by atoms with E-state index in [0.29, 0.717) is 17.3 Å². The van der Waals surface area contributed by atoms with Crippen LogP contribution in [0.25, 0.3) is 11.5 Å². The number of hydrogen-bond acceptors (Lipinski definition) is 7. The van der Waals surface area contributed by atoms with Gasteiger partial charge in [-0.25, -0.2) is 9.78 Å². The van der Waals surface area contributed by atoms with Crippen LogP contribution in [0.2, 0.25) is 0 Å². The van der Waals surface area contributed by atoms with E-state index in [2.05, 4.69) is 10.3 Å². The first-order valence-corrected chi connectivity index (χ1v) is 9.46. The number of nitriles is 1. The van der Waals surface area contributed by atoms with Crippen LogP contribution in [-0.4, -0.2) is 23.5 Å². The molecule has 0 unspecified atom stereocenters. The van der Waals surface area contributed by atoms with Crippen LogP contribution in [0.5, 0.6) is 0 Å². The summed E-state index contributed by atoms with van der Waals surface area (Å²) >= 11 is 1.04. The summed E-state index contributed by atoms with van der Waals surface area (Å²) in [5.74, 6) is -0.589. The fourth-order valence-electron chi connectivity index (χ4n) is 2.57. The summed E-state index contributed by atoms with van der Waals surface area (Å²) < 4.78 is 10.6. The fourth-order valence-corrected chi connectivity index (χ4v) is 3.05. The molecule has 0 saturated carbocycles. The Kier molecular flexibility index (Phi) is 6.32. The van der Waals surface area contributed by atoms with Gasteiger partial charge in [0.15, 0.2) is 12.3 Å². The summed E-state index contributed by atoms with van der Waals surface area (Å²) in [6.07, 6.45) is 0. The highest BCUT2D eigenvalue weighted by Gasteiger charge is 2.20. The number of nitrogens with zero attached hydrogens (tertiary/aromatic N) is 2. The van der Waals surface area contributed by atoms with Crippen LogP contribution < -0.4 is 5.32 Å². The second-order valence-electron chi connectivity index (χ2n) is 6.08. The minimum atomic E-state index is -0.735. The molecular weight excluding hydrogens is 390 g/mol. The molecule has 7 nitrogen and oxygen atoms in total. The summed E-state index contributed by atoms with van der Waals surface area (Å²) in [6, 6.07) is 14.4. The molecule has 0 fully saturated rings. The third-order valence-electron chi connectivity index (χ3n) is 3.98. The lowest BCUT2D eigenvalue weighted by Gasteiger charge is -2.09. The van der Waals surface area contributed by atoms with Gasteiger partial charge in [-0.2, -0.15) is 5.26 Å². The predicted molar refractivity (Wildman–Crippen MR) is 108 cm³/mol. The van der Waals surface area contributed by atoms with E-state index in [9.17, 15) is 9.59 Å². The second-order valence-corrected chi connectivity index (χ2v) is 6.94. The van der Waals surface area contributed by atoms with Gasteiger partial charge >= 0.3 is 5.97 Å². The molecule has 0 saturated heterocycles. The molecule has 29 heavy (non-hydrogen) atoms. The largest absolute Gasteiger partial charge is 0.451 e. The summed E-state index contributed by atoms with van der Waals surface area (Å²) in [5.41, 5.74) is 2.15. The van der Waals surface area contributed by atoms with Crippen molar-refractivity contribution in [3.05, 3.63) is 65.5 Å². The first-order valence-electron chi connectivity index (χ1n) is 8.64. The van der Waals surface area contributed by atoms with Crippen molar-refractivity contribution in [3.63, 3.8) is 0 Å². The number of oxazole rings is 1. The van der Waals surface area contributed by atoms with Crippen molar-refractivity contribution in [3.8, 4) is 16.9 Å². The Morgan fingerprint density at radius 3 is 2.66 bits per heavy atom. The zero-order valence-electron chi connectivity index (χ0n) is 15.8. The van der Waals surface area contributed by atoms with E-state index in [4.69, 9.17) is 14.4 Å². The second kappa shape index (κ2) is 9.08. The molecule has 1 aromatic heterocycles. The van der Waals surface area contributed by atoms with Crippen molar-refractivity contribution in [1.82, 2.24) is 4.98 Å². The lowest BCUT2D eigenvalue weighted by atomic mass is 10.2. The molecular formula is C21H17N3O4S. The quantitative estimate of drug-likeness (QED) is 0.368. The van der Waals surface area contributed by atoms with E-state index < -0.39 is 18.5 Å². The number of thioether (sulfide) groups is 1. The third-order valence-corrected chi connectivity index (χ3v) is 4.56. The Bertz CT molecular complexity index is 1090. The molecule has 8 heteroatoms. The van der Waals surface area contributed by atoms with Crippen molar-refractivity contribution >= 4 is 29.3 Å². The maximum absolute atomic E-state index is 12.3. The molecule has 146 valence electrons. The number of anilines is 1. The van der Waals surface area contributed by atoms with Crippen LogP contribution in [0.3, 0.4) is 0 Å². The van der Waals surface area contributed by atoms with Crippen molar-refractivity contribution in [2.75, 3.05) is 11.9 Å². The van der Waals surface area contributed by atoms with E-state index in [1.807, 2.05) is 42.7 Å². The van der Waals surface area contributed by atoms with Gasteiger partial charge in [0.25, 0.3) is 5.91 Å². The van der Waals surface area contributed by atoms with Crippen LogP contribution in [-0.2, 0) is 9.53 Å². The lowest BCUT2D eigenvalue weighted by Crippen LogP contribution is -2.21. The Morgan fingerprint density at radius 1 is 1.21 bits per heavy atom. The van der Waals surface area contributed by atoms with Crippen LogP contribution in [0, 0.1) is 24.5 Å². The SMILES string of the molecule is Cc1cc(SC#N)ccc1NC(=O)COC(=O)c1nc(-c2ccccc2)oc1C. The van der Waals surface area contributed by atoms with E-state index in [1.54, 1.807) is 25.1 Å². The number of aryl methyl sites for hydroxylation is 2. The van der Waals surface area contributed by atoms with Crippen LogP contribution in [0.1, 0.15) is 21.8 Å². The van der Waals surface area contributed by atoms with Gasteiger partial charge in [-0.1, -0.05) is 18.2 Å². The number of esters is 1. The number of benzene rings is 2. The van der Waals surface area contributed by atoms with E-state index in [1.165, 1.54) is 0 Å². The van der Waals surface area contributed by atoms with Gasteiger partial charge in [-0.15, -0.1) is 0 Å². The fraction of sp³-hybridized carbons (Fsp3) is 0.143. The van der Waals surface area contributed by atoms with Crippen LogP contribution in [0.15, 0.2) is 57.8 Å². The Balaban J connectivity index is 1.60. The topological polar surface area (TPSA) is 105 Å². The molecule has 0 aliphatic carbocycles. The average Bonchev–Trinajstić information content (AvgIpc) is 3.11. The van der Waals surface area contributed by atoms with E-state index in [0.717, 1.165) is 27.8 Å². The van der Waals surface area contributed by atoms with Crippen LogP contribution >= 0.6 is 11.8 Å². The molecule has 0 radical (unpaired) electrons. The number of thiocyanates is 1. The number of hydrogen-bond donors (Lipinski definition) is 1. The Morgan fingerprint density at radius 2 is 1.97 bits per heavy atom. The predicted octanol–water partition coefficient (Wildman–Crippen LogP) is 4.33. The zero-order chi connectivity index (χ0) is 20.8. The summed E-state index contributed by atoms with van der Waals surface area (Å²) in [4.78, 5) is 29.4. The molecule has 0 bridgehead atoms. The van der Waals surface area contributed by atoms with Crippen molar-refractivity contribution in [2.24, 2.45) is 0 Å². The summed E-state index contributed by atoms with van der Waals surface area (Å²) in [6.45, 7) is 2.97. The number of aromatic nitrogens is 1. The van der Waals surface area contributed by atoms with E-state index in [-0.39, 0.29) is 5.69 Å². The molecule has 3 rings (SSSR count). The normalized spacial score (nSPS) is 10.2. The Hall–Kier alpha value is -3.57. The molecule has 1 amide bonds. The van der Waals surface area contributed by atoms with Crippen molar-refractivity contribution in [2.45, 2.75) is 18.7 Å². The minimum absolute atomic E-state index is 0.0331. The lowest BCUT2D eigenvalue weighted by molar-refractivity contribution is -0.119. The number of amides is 1. The Labute approximate surface area is 171 Å². The molecule has 0 aliphatic heterocycles. The monoisotopic (exact) mass is 407 g/mol. The number of nitrogens with one attached hydrogen (secondary N) is 1.